The number of para-hydroxylation sites is 1. The molecule has 0 bridgehead atoms. The molecule has 7 unspecified atom stereocenters. The predicted molar refractivity (Wildman–Crippen MR) is 59.4 cm³/mol. The van der Waals surface area contributed by atoms with Crippen LogP contribution in [0.3, 0.4) is 0 Å². The topological polar surface area (TPSA) is 60.6 Å². The molecule has 1 saturated carbocycles. The molecule has 19 heavy (non-hydrogen) atoms. The monoisotopic (exact) mass is 258 g/mol. The minimum atomic E-state index is -1.19. The van der Waals surface area contributed by atoms with Gasteiger partial charge in [-0.1, -0.05) is 12.1 Å². The number of ketones is 1. The third kappa shape index (κ3) is 0.870. The second kappa shape index (κ2) is 2.57. The molecule has 7 atom stereocenters. The van der Waals surface area contributed by atoms with Crippen LogP contribution in [0.2, 0.25) is 0 Å². The lowest BCUT2D eigenvalue weighted by molar-refractivity contribution is -0.211. The molecule has 1 aliphatic carbocycles. The van der Waals surface area contributed by atoms with Crippen LogP contribution in [0.25, 0.3) is 0 Å². The summed E-state index contributed by atoms with van der Waals surface area (Å²) in [6.07, 6.45) is -0.00572. The second-order valence-electron chi connectivity index (χ2n) is 5.82. The molecule has 96 valence electrons. The number of fused-ring (bicyclic) bond motifs is 8. The molecule has 1 aromatic carbocycles. The molecule has 0 aromatic heterocycles. The van der Waals surface area contributed by atoms with Crippen molar-refractivity contribution in [3.63, 3.8) is 0 Å². The smallest absolute Gasteiger partial charge is 0.302 e. The maximum Gasteiger partial charge on any atom is 0.302 e. The Balaban J connectivity index is 1.48. The van der Waals surface area contributed by atoms with Crippen molar-refractivity contribution < 1.29 is 23.7 Å². The fourth-order valence-electron chi connectivity index (χ4n) is 3.92. The van der Waals surface area contributed by atoms with Gasteiger partial charge in [0.2, 0.25) is 5.78 Å². The van der Waals surface area contributed by atoms with Gasteiger partial charge in [-0.25, -0.2) is 0 Å². The Morgan fingerprint density at radius 2 is 1.68 bits per heavy atom. The van der Waals surface area contributed by atoms with Crippen molar-refractivity contribution in [1.82, 2.24) is 0 Å². The highest BCUT2D eigenvalue weighted by molar-refractivity contribution is 5.95. The van der Waals surface area contributed by atoms with E-state index >= 15 is 0 Å². The standard InChI is InChI=1S/C14H10O5/c15-13-7-8-10(16-8)12-11(17-12)9(7)19-14(13)5-3-1-2-4-6(5)18-14/h1-4,7-12H. The van der Waals surface area contributed by atoms with E-state index in [1.807, 2.05) is 24.3 Å². The number of ether oxygens (including phenoxy) is 4. The molecule has 4 aliphatic heterocycles. The van der Waals surface area contributed by atoms with Crippen molar-refractivity contribution in [3.8, 4) is 5.75 Å². The summed E-state index contributed by atoms with van der Waals surface area (Å²) < 4.78 is 22.9. The summed E-state index contributed by atoms with van der Waals surface area (Å²) in [5.74, 6) is -0.695. The van der Waals surface area contributed by atoms with E-state index in [0.29, 0.717) is 0 Å². The molecule has 6 rings (SSSR count). The van der Waals surface area contributed by atoms with Crippen LogP contribution in [0, 0.1) is 5.92 Å². The van der Waals surface area contributed by atoms with Gasteiger partial charge >= 0.3 is 5.79 Å². The Morgan fingerprint density at radius 3 is 2.58 bits per heavy atom. The Labute approximate surface area is 108 Å². The van der Waals surface area contributed by atoms with Gasteiger partial charge in [0.15, 0.2) is 0 Å². The number of hydrogen-bond donors (Lipinski definition) is 0. The van der Waals surface area contributed by atoms with Gasteiger partial charge in [0.1, 0.15) is 30.2 Å². The summed E-state index contributed by atoms with van der Waals surface area (Å²) in [5, 5.41) is 0. The largest absolute Gasteiger partial charge is 0.450 e. The van der Waals surface area contributed by atoms with Crippen molar-refractivity contribution in [2.75, 3.05) is 0 Å². The van der Waals surface area contributed by atoms with E-state index in [9.17, 15) is 4.79 Å². The van der Waals surface area contributed by atoms with Gasteiger partial charge in [0.25, 0.3) is 0 Å². The highest BCUT2D eigenvalue weighted by atomic mass is 16.8. The van der Waals surface area contributed by atoms with Crippen LogP contribution in [-0.2, 0) is 24.8 Å². The van der Waals surface area contributed by atoms with Crippen molar-refractivity contribution in [2.45, 2.75) is 36.3 Å². The van der Waals surface area contributed by atoms with Crippen LogP contribution >= 0.6 is 0 Å². The summed E-state index contributed by atoms with van der Waals surface area (Å²) in [6, 6.07) is 7.53. The van der Waals surface area contributed by atoms with Gasteiger partial charge in [-0.2, -0.15) is 0 Å². The van der Waals surface area contributed by atoms with E-state index in [-0.39, 0.29) is 42.2 Å². The number of epoxide rings is 2. The summed E-state index contributed by atoms with van der Waals surface area (Å²) in [7, 11) is 0. The minimum Gasteiger partial charge on any atom is -0.450 e. The van der Waals surface area contributed by atoms with Gasteiger partial charge in [-0.15, -0.1) is 0 Å². The number of carbonyl (C=O) groups excluding carboxylic acids is 1. The third-order valence-corrected chi connectivity index (χ3v) is 4.90. The fourth-order valence-corrected chi connectivity index (χ4v) is 3.92. The first-order valence-corrected chi connectivity index (χ1v) is 6.61. The van der Waals surface area contributed by atoms with Gasteiger partial charge in [0, 0.05) is 0 Å². The fraction of sp³-hybridized carbons (Fsp3) is 0.500. The van der Waals surface area contributed by atoms with Gasteiger partial charge in [-0.05, 0) is 12.1 Å². The molecule has 4 fully saturated rings. The molecular weight excluding hydrogens is 248 g/mol. The molecule has 3 saturated heterocycles. The molecule has 4 heterocycles. The lowest BCUT2D eigenvalue weighted by Crippen LogP contribution is -2.48. The van der Waals surface area contributed by atoms with Crippen molar-refractivity contribution in [1.29, 1.82) is 0 Å². The molecule has 5 nitrogen and oxygen atoms in total. The van der Waals surface area contributed by atoms with Gasteiger partial charge in [0.05, 0.1) is 17.6 Å². The molecule has 0 N–H and O–H groups in total. The molecule has 1 spiro atoms. The Hall–Kier alpha value is -1.43. The molecule has 1 aromatic rings. The van der Waals surface area contributed by atoms with Gasteiger partial charge < -0.3 is 18.9 Å². The third-order valence-electron chi connectivity index (χ3n) is 4.90. The summed E-state index contributed by atoms with van der Waals surface area (Å²) in [6.45, 7) is 0. The number of carbonyl (C=O) groups is 1. The number of Topliss-reactive ketones (excluding diaryl/α,β-unsaturated/α-hetero) is 1. The van der Waals surface area contributed by atoms with Crippen LogP contribution in [0.5, 0.6) is 5.75 Å². The molecule has 0 radical (unpaired) electrons. The zero-order valence-corrected chi connectivity index (χ0v) is 9.81. The van der Waals surface area contributed by atoms with E-state index in [2.05, 4.69) is 0 Å². The number of rotatable bonds is 0. The first-order chi connectivity index (χ1) is 9.29. The van der Waals surface area contributed by atoms with E-state index in [1.54, 1.807) is 0 Å². The van der Waals surface area contributed by atoms with Crippen LogP contribution in [0.1, 0.15) is 5.56 Å². The second-order valence-corrected chi connectivity index (χ2v) is 5.82. The predicted octanol–water partition coefficient (Wildman–Crippen LogP) is 0.364. The van der Waals surface area contributed by atoms with E-state index in [4.69, 9.17) is 18.9 Å². The summed E-state index contributed by atoms with van der Waals surface area (Å²) in [5.41, 5.74) is 0.837. The average Bonchev–Trinajstić information content (AvgIpc) is 3.26. The number of hydrogen-bond acceptors (Lipinski definition) is 5. The van der Waals surface area contributed by atoms with Crippen LogP contribution in [0.4, 0.5) is 0 Å². The van der Waals surface area contributed by atoms with Crippen LogP contribution in [0.15, 0.2) is 24.3 Å². The summed E-state index contributed by atoms with van der Waals surface area (Å²) >= 11 is 0. The Bertz CT molecular complexity index is 642. The molecular formula is C14H10O5. The quantitative estimate of drug-likeness (QED) is 0.629. The maximum absolute atomic E-state index is 12.7. The molecule has 5 heteroatoms. The van der Waals surface area contributed by atoms with E-state index in [1.165, 1.54) is 0 Å². The molecule has 5 aliphatic rings. The lowest BCUT2D eigenvalue weighted by atomic mass is 9.82. The van der Waals surface area contributed by atoms with E-state index < -0.39 is 5.79 Å². The van der Waals surface area contributed by atoms with Crippen molar-refractivity contribution in [2.24, 2.45) is 5.92 Å². The minimum absolute atomic E-state index is 0.00218. The van der Waals surface area contributed by atoms with E-state index in [0.717, 1.165) is 11.3 Å². The Kier molecular flexibility index (Phi) is 1.28. The van der Waals surface area contributed by atoms with Crippen LogP contribution in [-0.4, -0.2) is 36.3 Å². The number of benzene rings is 1. The zero-order chi connectivity index (χ0) is 12.4. The lowest BCUT2D eigenvalue weighted by Gasteiger charge is -2.38. The zero-order valence-electron chi connectivity index (χ0n) is 9.81. The van der Waals surface area contributed by atoms with Crippen LogP contribution < -0.4 is 4.74 Å². The van der Waals surface area contributed by atoms with Crippen molar-refractivity contribution >= 4 is 5.78 Å². The highest BCUT2D eigenvalue weighted by Crippen LogP contribution is 2.61. The maximum atomic E-state index is 12.7. The molecule has 0 amide bonds. The van der Waals surface area contributed by atoms with Crippen molar-refractivity contribution in [3.05, 3.63) is 29.8 Å². The highest BCUT2D eigenvalue weighted by Gasteiger charge is 2.78. The first kappa shape index (κ1) is 9.47. The Morgan fingerprint density at radius 1 is 0.947 bits per heavy atom. The average molecular weight is 258 g/mol. The first-order valence-electron chi connectivity index (χ1n) is 6.61. The normalized spacial score (nSPS) is 54.4. The SMILES string of the molecule is O=C1C2C3OC3C3OC3C2OC12Oc1ccccc12. The summed E-state index contributed by atoms with van der Waals surface area (Å²) in [4.78, 5) is 12.7. The van der Waals surface area contributed by atoms with Gasteiger partial charge in [-0.3, -0.25) is 4.79 Å².